The van der Waals surface area contributed by atoms with Crippen LogP contribution in [0.25, 0.3) is 0 Å². The van der Waals surface area contributed by atoms with Crippen molar-refractivity contribution in [3.05, 3.63) is 23.8 Å². The number of rotatable bonds is 4. The van der Waals surface area contributed by atoms with E-state index >= 15 is 0 Å². The SMILES string of the molecule is CCC(=O)Nc1cc(NC(=O)CBr)ccc1C. The van der Waals surface area contributed by atoms with Crippen LogP contribution in [0.1, 0.15) is 18.9 Å². The molecule has 92 valence electrons. The maximum atomic E-state index is 11.3. The number of hydrogen-bond donors (Lipinski definition) is 2. The summed E-state index contributed by atoms with van der Waals surface area (Å²) in [7, 11) is 0. The molecule has 0 aliphatic carbocycles. The highest BCUT2D eigenvalue weighted by atomic mass is 79.9. The smallest absolute Gasteiger partial charge is 0.235 e. The molecule has 0 saturated heterocycles. The van der Waals surface area contributed by atoms with E-state index < -0.39 is 0 Å². The summed E-state index contributed by atoms with van der Waals surface area (Å²) in [5.74, 6) is -0.168. The number of alkyl halides is 1. The van der Waals surface area contributed by atoms with Crippen LogP contribution < -0.4 is 10.6 Å². The molecule has 0 unspecified atom stereocenters. The number of amides is 2. The van der Waals surface area contributed by atoms with Crippen LogP contribution in [0.15, 0.2) is 18.2 Å². The third-order valence-electron chi connectivity index (χ3n) is 2.24. The van der Waals surface area contributed by atoms with E-state index in [2.05, 4.69) is 26.6 Å². The zero-order valence-corrected chi connectivity index (χ0v) is 11.4. The van der Waals surface area contributed by atoms with Gasteiger partial charge in [0, 0.05) is 17.8 Å². The minimum absolute atomic E-state index is 0.0444. The van der Waals surface area contributed by atoms with Gasteiger partial charge in [-0.2, -0.15) is 0 Å². The Bertz CT molecular complexity index is 433. The lowest BCUT2D eigenvalue weighted by Crippen LogP contribution is -2.14. The molecule has 4 nitrogen and oxygen atoms in total. The molecule has 0 aliphatic rings. The largest absolute Gasteiger partial charge is 0.326 e. The van der Waals surface area contributed by atoms with Crippen LogP contribution in [0.3, 0.4) is 0 Å². The Hall–Kier alpha value is -1.36. The second-order valence-corrected chi connectivity index (χ2v) is 4.17. The summed E-state index contributed by atoms with van der Waals surface area (Å²) in [5, 5.41) is 5.75. The molecule has 1 aromatic carbocycles. The summed E-state index contributed by atoms with van der Waals surface area (Å²) in [5.41, 5.74) is 2.36. The van der Waals surface area contributed by atoms with Crippen molar-refractivity contribution in [3.63, 3.8) is 0 Å². The van der Waals surface area contributed by atoms with Crippen molar-refractivity contribution in [3.8, 4) is 0 Å². The number of halogens is 1. The number of aryl methyl sites for hydroxylation is 1. The van der Waals surface area contributed by atoms with Crippen LogP contribution in [0.4, 0.5) is 11.4 Å². The molecular weight excluding hydrogens is 284 g/mol. The zero-order chi connectivity index (χ0) is 12.8. The summed E-state index contributed by atoms with van der Waals surface area (Å²) < 4.78 is 0. The molecule has 17 heavy (non-hydrogen) atoms. The van der Waals surface area contributed by atoms with Gasteiger partial charge in [-0.25, -0.2) is 0 Å². The van der Waals surface area contributed by atoms with Crippen LogP contribution >= 0.6 is 15.9 Å². The van der Waals surface area contributed by atoms with E-state index in [4.69, 9.17) is 0 Å². The van der Waals surface area contributed by atoms with Crippen LogP contribution in [0, 0.1) is 6.92 Å². The molecule has 1 rings (SSSR count). The Kier molecular flexibility index (Phi) is 5.15. The Morgan fingerprint density at radius 2 is 1.94 bits per heavy atom. The van der Waals surface area contributed by atoms with Gasteiger partial charge in [0.05, 0.1) is 5.33 Å². The van der Waals surface area contributed by atoms with Crippen LogP contribution in [0.2, 0.25) is 0 Å². The third-order valence-corrected chi connectivity index (χ3v) is 2.75. The Morgan fingerprint density at radius 3 is 2.53 bits per heavy atom. The number of benzene rings is 1. The highest BCUT2D eigenvalue weighted by Gasteiger charge is 2.05. The zero-order valence-electron chi connectivity index (χ0n) is 9.84. The highest BCUT2D eigenvalue weighted by molar-refractivity contribution is 9.09. The molecule has 0 bridgehead atoms. The molecule has 0 spiro atoms. The average molecular weight is 299 g/mol. The molecule has 0 radical (unpaired) electrons. The van der Waals surface area contributed by atoms with E-state index in [1.54, 1.807) is 19.1 Å². The fourth-order valence-electron chi connectivity index (χ4n) is 1.27. The van der Waals surface area contributed by atoms with Crippen molar-refractivity contribution in [1.82, 2.24) is 0 Å². The Balaban J connectivity index is 2.86. The number of hydrogen-bond acceptors (Lipinski definition) is 2. The fraction of sp³-hybridized carbons (Fsp3) is 0.333. The van der Waals surface area contributed by atoms with E-state index in [1.807, 2.05) is 13.0 Å². The lowest BCUT2D eigenvalue weighted by atomic mass is 10.1. The van der Waals surface area contributed by atoms with Gasteiger partial charge in [0.15, 0.2) is 0 Å². The van der Waals surface area contributed by atoms with Crippen molar-refractivity contribution in [2.75, 3.05) is 16.0 Å². The van der Waals surface area contributed by atoms with E-state index in [9.17, 15) is 9.59 Å². The van der Waals surface area contributed by atoms with Gasteiger partial charge < -0.3 is 10.6 Å². The van der Waals surface area contributed by atoms with Crippen molar-refractivity contribution in [1.29, 1.82) is 0 Å². The molecule has 0 saturated carbocycles. The lowest BCUT2D eigenvalue weighted by Gasteiger charge is -2.10. The van der Waals surface area contributed by atoms with Gasteiger partial charge in [0.2, 0.25) is 11.8 Å². The quantitative estimate of drug-likeness (QED) is 0.840. The van der Waals surface area contributed by atoms with E-state index in [1.165, 1.54) is 0 Å². The standard InChI is InChI=1S/C12H15BrN2O2/c1-3-11(16)15-10-6-9(5-4-8(10)2)14-12(17)7-13/h4-6H,3,7H2,1-2H3,(H,14,17)(H,15,16). The second-order valence-electron chi connectivity index (χ2n) is 3.61. The lowest BCUT2D eigenvalue weighted by molar-refractivity contribution is -0.116. The van der Waals surface area contributed by atoms with Crippen molar-refractivity contribution in [2.24, 2.45) is 0 Å². The predicted molar refractivity (Wildman–Crippen MR) is 72.5 cm³/mol. The summed E-state index contributed by atoms with van der Waals surface area (Å²) in [6.07, 6.45) is 0.428. The van der Waals surface area contributed by atoms with Crippen molar-refractivity contribution < 1.29 is 9.59 Å². The van der Waals surface area contributed by atoms with E-state index in [-0.39, 0.29) is 17.1 Å². The first-order valence-corrected chi connectivity index (χ1v) is 6.45. The predicted octanol–water partition coefficient (Wildman–Crippen LogP) is 2.68. The molecule has 1 aromatic rings. The second kappa shape index (κ2) is 6.39. The molecular formula is C12H15BrN2O2. The van der Waals surface area contributed by atoms with Gasteiger partial charge >= 0.3 is 0 Å². The molecule has 0 aliphatic heterocycles. The third kappa shape index (κ3) is 4.19. The Morgan fingerprint density at radius 1 is 1.24 bits per heavy atom. The van der Waals surface area contributed by atoms with Gasteiger partial charge in [0.25, 0.3) is 0 Å². The normalized spacial score (nSPS) is 9.82. The van der Waals surface area contributed by atoms with Crippen LogP contribution in [0.5, 0.6) is 0 Å². The van der Waals surface area contributed by atoms with Crippen LogP contribution in [-0.4, -0.2) is 17.1 Å². The number of anilines is 2. The summed E-state index contributed by atoms with van der Waals surface area (Å²) in [6, 6.07) is 5.41. The number of carbonyl (C=O) groups excluding carboxylic acids is 2. The average Bonchev–Trinajstić information content (AvgIpc) is 2.33. The molecule has 2 N–H and O–H groups in total. The maximum Gasteiger partial charge on any atom is 0.235 e. The molecule has 0 fully saturated rings. The first-order valence-electron chi connectivity index (χ1n) is 5.33. The summed E-state index contributed by atoms with van der Waals surface area (Å²) >= 11 is 3.07. The van der Waals surface area contributed by atoms with Gasteiger partial charge in [-0.3, -0.25) is 9.59 Å². The summed E-state index contributed by atoms with van der Waals surface area (Å²) in [6.45, 7) is 3.70. The van der Waals surface area contributed by atoms with E-state index in [0.29, 0.717) is 12.1 Å². The minimum atomic E-state index is -0.123. The topological polar surface area (TPSA) is 58.2 Å². The first kappa shape index (κ1) is 13.7. The monoisotopic (exact) mass is 298 g/mol. The summed E-state index contributed by atoms with van der Waals surface area (Å²) in [4.78, 5) is 22.5. The molecule has 0 heterocycles. The molecule has 5 heteroatoms. The fourth-order valence-corrected chi connectivity index (χ4v) is 1.41. The Labute approximate surface area is 109 Å². The van der Waals surface area contributed by atoms with Gasteiger partial charge in [-0.15, -0.1) is 0 Å². The number of carbonyl (C=O) groups is 2. The van der Waals surface area contributed by atoms with Crippen LogP contribution in [-0.2, 0) is 9.59 Å². The van der Waals surface area contributed by atoms with E-state index in [0.717, 1.165) is 11.3 Å². The molecule has 0 atom stereocenters. The van der Waals surface area contributed by atoms with Crippen molar-refractivity contribution >= 4 is 39.1 Å². The van der Waals surface area contributed by atoms with Crippen molar-refractivity contribution in [2.45, 2.75) is 20.3 Å². The van der Waals surface area contributed by atoms with Gasteiger partial charge in [-0.05, 0) is 24.6 Å². The molecule has 2 amide bonds. The number of nitrogens with one attached hydrogen (secondary N) is 2. The van der Waals surface area contributed by atoms with Gasteiger partial charge in [0.1, 0.15) is 0 Å². The first-order chi connectivity index (χ1) is 8.06. The molecule has 0 aromatic heterocycles. The maximum absolute atomic E-state index is 11.3. The highest BCUT2D eigenvalue weighted by Crippen LogP contribution is 2.20. The van der Waals surface area contributed by atoms with Gasteiger partial charge in [-0.1, -0.05) is 28.9 Å². The minimum Gasteiger partial charge on any atom is -0.326 e.